The molecule has 4 aliphatic heterocycles. The quantitative estimate of drug-likeness (QED) is 0.326. The van der Waals surface area contributed by atoms with Gasteiger partial charge in [0.15, 0.2) is 23.1 Å². The summed E-state index contributed by atoms with van der Waals surface area (Å²) < 4.78 is 16.5. The van der Waals surface area contributed by atoms with Gasteiger partial charge in [-0.2, -0.15) is 0 Å². The maximum Gasteiger partial charge on any atom is 0.238 e. The summed E-state index contributed by atoms with van der Waals surface area (Å²) in [6.07, 6.45) is 3.94. The van der Waals surface area contributed by atoms with Gasteiger partial charge in [0.1, 0.15) is 17.2 Å². The average Bonchev–Trinajstić information content (AvgIpc) is 3.73. The summed E-state index contributed by atoms with van der Waals surface area (Å²) in [5.74, 6) is -0.484. The molecule has 0 bridgehead atoms. The largest absolute Gasteiger partial charge is 0.497 e. The van der Waals surface area contributed by atoms with Gasteiger partial charge in [0.2, 0.25) is 12.7 Å². The zero-order valence-corrected chi connectivity index (χ0v) is 23.2. The molecule has 4 atom stereocenters. The summed E-state index contributed by atoms with van der Waals surface area (Å²) in [4.78, 5) is 46.2. The molecule has 4 heterocycles. The fourth-order valence-electron chi connectivity index (χ4n) is 7.30. The van der Waals surface area contributed by atoms with Crippen molar-refractivity contribution in [3.63, 3.8) is 0 Å². The van der Waals surface area contributed by atoms with Crippen LogP contribution in [0.1, 0.15) is 31.8 Å². The molecule has 0 saturated carbocycles. The van der Waals surface area contributed by atoms with Crippen molar-refractivity contribution in [2.24, 2.45) is 5.92 Å². The summed E-state index contributed by atoms with van der Waals surface area (Å²) in [5, 5.41) is 3.05. The number of hydrogen-bond acceptors (Lipinski definition) is 7. The van der Waals surface area contributed by atoms with Gasteiger partial charge in [-0.1, -0.05) is 60.7 Å². The first kappa shape index (κ1) is 25.3. The Hall–Kier alpha value is -5.37. The average molecular weight is 571 g/mol. The van der Waals surface area contributed by atoms with Crippen molar-refractivity contribution < 1.29 is 28.6 Å². The Morgan fingerprint density at radius 2 is 1.67 bits per heavy atom. The summed E-state index contributed by atoms with van der Waals surface area (Å²) in [7, 11) is 1.54. The molecule has 4 aliphatic rings. The normalized spacial score (nSPS) is 23.9. The molecule has 1 saturated heterocycles. The standard InChI is InChI=1S/C35H26N2O6/c1-41-23-9-6-8-21(17-23)33(39)31-30(32(38)22-13-15-27-28(18-22)43-19-42-27)35(24-10-3-4-11-25(24)36-34(35)40)29-16-14-20-7-2-5-12-26(20)37(29)31/h2-18,29-31H,19H2,1H3,(H,36,40)/t29-,30-,31+,35-/m1/s1. The van der Waals surface area contributed by atoms with E-state index in [2.05, 4.69) is 5.32 Å². The SMILES string of the molecule is COc1cccc(C(=O)[C@@H]2[C@H](C(=O)c3ccc4c(c3)OCO4)[C@]3(C(=O)Nc4ccccc43)[C@H]3C=Cc4ccccc4N23)c1. The van der Waals surface area contributed by atoms with Crippen LogP contribution in [0.2, 0.25) is 0 Å². The zero-order valence-electron chi connectivity index (χ0n) is 23.2. The third kappa shape index (κ3) is 3.46. The number of hydrogen-bond donors (Lipinski definition) is 1. The van der Waals surface area contributed by atoms with E-state index in [0.29, 0.717) is 39.6 Å². The molecule has 0 radical (unpaired) electrons. The number of amides is 1. The number of benzene rings is 4. The summed E-state index contributed by atoms with van der Waals surface area (Å²) in [6, 6.07) is 25.5. The lowest BCUT2D eigenvalue weighted by atomic mass is 9.64. The van der Waals surface area contributed by atoms with E-state index in [1.54, 1.807) is 49.6 Å². The lowest BCUT2D eigenvalue weighted by Crippen LogP contribution is -2.51. The van der Waals surface area contributed by atoms with Gasteiger partial charge in [-0.05, 0) is 53.6 Å². The van der Waals surface area contributed by atoms with Crippen LogP contribution in [-0.4, -0.2) is 43.5 Å². The van der Waals surface area contributed by atoms with E-state index in [-0.39, 0.29) is 24.3 Å². The molecule has 1 spiro atoms. The van der Waals surface area contributed by atoms with Crippen LogP contribution in [0.4, 0.5) is 11.4 Å². The lowest BCUT2D eigenvalue weighted by Gasteiger charge is -2.37. The Morgan fingerprint density at radius 3 is 2.56 bits per heavy atom. The molecule has 1 amide bonds. The Kier molecular flexibility index (Phi) is 5.50. The Bertz CT molecular complexity index is 1880. The molecule has 1 fully saturated rings. The van der Waals surface area contributed by atoms with E-state index < -0.39 is 23.4 Å². The van der Waals surface area contributed by atoms with Gasteiger partial charge in [0, 0.05) is 22.5 Å². The van der Waals surface area contributed by atoms with Crippen molar-refractivity contribution >= 4 is 34.9 Å². The van der Waals surface area contributed by atoms with Crippen LogP contribution >= 0.6 is 0 Å². The minimum atomic E-state index is -1.40. The maximum absolute atomic E-state index is 15.0. The van der Waals surface area contributed by atoms with Crippen molar-refractivity contribution in [3.05, 3.63) is 119 Å². The van der Waals surface area contributed by atoms with Gasteiger partial charge in [0.05, 0.1) is 19.1 Å². The monoisotopic (exact) mass is 570 g/mol. The first-order valence-electron chi connectivity index (χ1n) is 14.1. The van der Waals surface area contributed by atoms with Crippen molar-refractivity contribution in [2.45, 2.75) is 17.5 Å². The number of ketones is 2. The molecule has 8 heteroatoms. The van der Waals surface area contributed by atoms with E-state index in [0.717, 1.165) is 11.3 Å². The van der Waals surface area contributed by atoms with E-state index >= 15 is 0 Å². The highest BCUT2D eigenvalue weighted by molar-refractivity contribution is 6.18. The molecular formula is C35H26N2O6. The molecule has 8 nitrogen and oxygen atoms in total. The number of ether oxygens (including phenoxy) is 3. The van der Waals surface area contributed by atoms with Crippen LogP contribution in [0.3, 0.4) is 0 Å². The van der Waals surface area contributed by atoms with Gasteiger partial charge >= 0.3 is 0 Å². The Balaban J connectivity index is 1.41. The third-order valence-corrected chi connectivity index (χ3v) is 9.10. The fourth-order valence-corrected chi connectivity index (χ4v) is 7.30. The van der Waals surface area contributed by atoms with E-state index in [1.807, 2.05) is 65.6 Å². The Morgan fingerprint density at radius 1 is 0.884 bits per heavy atom. The number of para-hydroxylation sites is 2. The fraction of sp³-hybridized carbons (Fsp3) is 0.171. The molecule has 1 N–H and O–H groups in total. The van der Waals surface area contributed by atoms with Crippen LogP contribution in [0.25, 0.3) is 6.08 Å². The minimum Gasteiger partial charge on any atom is -0.497 e. The lowest BCUT2D eigenvalue weighted by molar-refractivity contribution is -0.121. The van der Waals surface area contributed by atoms with Gasteiger partial charge in [-0.15, -0.1) is 0 Å². The summed E-state index contributed by atoms with van der Waals surface area (Å²) in [5.41, 5.74) is 2.35. The molecule has 0 aliphatic carbocycles. The topological polar surface area (TPSA) is 94.2 Å². The van der Waals surface area contributed by atoms with E-state index in [9.17, 15) is 14.4 Å². The van der Waals surface area contributed by atoms with Crippen LogP contribution in [0.5, 0.6) is 17.2 Å². The molecule has 212 valence electrons. The predicted octanol–water partition coefficient (Wildman–Crippen LogP) is 5.28. The number of nitrogens with zero attached hydrogens (tertiary/aromatic N) is 1. The number of anilines is 2. The van der Waals surface area contributed by atoms with Crippen molar-refractivity contribution in [1.29, 1.82) is 0 Å². The number of methoxy groups -OCH3 is 1. The number of Topliss-reactive ketones (excluding diaryl/α,β-unsaturated/α-hetero) is 2. The predicted molar refractivity (Wildman–Crippen MR) is 160 cm³/mol. The van der Waals surface area contributed by atoms with Gasteiger partial charge in [-0.3, -0.25) is 14.4 Å². The first-order chi connectivity index (χ1) is 21.0. The second kappa shape index (κ2) is 9.32. The second-order valence-electron chi connectivity index (χ2n) is 11.1. The molecular weight excluding hydrogens is 544 g/mol. The third-order valence-electron chi connectivity index (χ3n) is 9.10. The van der Waals surface area contributed by atoms with Crippen LogP contribution < -0.4 is 24.4 Å². The second-order valence-corrected chi connectivity index (χ2v) is 11.1. The van der Waals surface area contributed by atoms with E-state index in [1.165, 1.54) is 0 Å². The van der Waals surface area contributed by atoms with Crippen molar-refractivity contribution in [1.82, 2.24) is 0 Å². The van der Waals surface area contributed by atoms with E-state index in [4.69, 9.17) is 14.2 Å². The van der Waals surface area contributed by atoms with Crippen LogP contribution in [0, 0.1) is 5.92 Å². The number of nitrogens with one attached hydrogen (secondary N) is 1. The zero-order chi connectivity index (χ0) is 29.3. The van der Waals surface area contributed by atoms with Crippen molar-refractivity contribution in [2.75, 3.05) is 24.1 Å². The Labute approximate surface area is 247 Å². The summed E-state index contributed by atoms with van der Waals surface area (Å²) >= 11 is 0. The summed E-state index contributed by atoms with van der Waals surface area (Å²) in [6.45, 7) is 0.0600. The minimum absolute atomic E-state index is 0.0600. The van der Waals surface area contributed by atoms with Gasteiger partial charge < -0.3 is 24.4 Å². The maximum atomic E-state index is 15.0. The molecule has 4 aromatic carbocycles. The number of carbonyl (C=O) groups excluding carboxylic acids is 3. The van der Waals surface area contributed by atoms with Crippen LogP contribution in [0.15, 0.2) is 97.1 Å². The van der Waals surface area contributed by atoms with Gasteiger partial charge in [-0.25, -0.2) is 0 Å². The number of rotatable bonds is 5. The number of carbonyl (C=O) groups is 3. The molecule has 43 heavy (non-hydrogen) atoms. The molecule has 8 rings (SSSR count). The highest BCUT2D eigenvalue weighted by atomic mass is 16.7. The highest BCUT2D eigenvalue weighted by Gasteiger charge is 2.70. The van der Waals surface area contributed by atoms with Gasteiger partial charge in [0.25, 0.3) is 0 Å². The van der Waals surface area contributed by atoms with Crippen LogP contribution in [-0.2, 0) is 10.2 Å². The first-order valence-corrected chi connectivity index (χ1v) is 14.1. The smallest absolute Gasteiger partial charge is 0.238 e. The molecule has 0 aromatic heterocycles. The van der Waals surface area contributed by atoms with Crippen molar-refractivity contribution in [3.8, 4) is 17.2 Å². The molecule has 0 unspecified atom stereocenters. The highest BCUT2D eigenvalue weighted by Crippen LogP contribution is 2.58. The molecule has 4 aromatic rings. The number of fused-ring (bicyclic) bond motifs is 7.